The third-order valence-electron chi connectivity index (χ3n) is 2.47. The lowest BCUT2D eigenvalue weighted by atomic mass is 10.2. The van der Waals surface area contributed by atoms with Gasteiger partial charge in [0.05, 0.1) is 17.1 Å². The molecule has 0 aromatic carbocycles. The van der Waals surface area contributed by atoms with Gasteiger partial charge in [0.2, 0.25) is 5.91 Å². The summed E-state index contributed by atoms with van der Waals surface area (Å²) in [7, 11) is 0. The summed E-state index contributed by atoms with van der Waals surface area (Å²) < 4.78 is 0. The van der Waals surface area contributed by atoms with E-state index in [1.807, 2.05) is 5.38 Å². The van der Waals surface area contributed by atoms with Crippen LogP contribution in [0.1, 0.15) is 30.0 Å². The van der Waals surface area contributed by atoms with Crippen molar-refractivity contribution >= 4 is 23.2 Å². The summed E-state index contributed by atoms with van der Waals surface area (Å²) in [6, 6.07) is 0. The van der Waals surface area contributed by atoms with Crippen LogP contribution in [0.4, 0.5) is 0 Å². The first-order chi connectivity index (χ1) is 9.11. The lowest BCUT2D eigenvalue weighted by molar-refractivity contribution is -0.137. The molecule has 0 unspecified atom stereocenters. The molecule has 0 aliphatic rings. The molecule has 0 saturated carbocycles. The fourth-order valence-electron chi connectivity index (χ4n) is 1.54. The standard InChI is InChI=1S/C12H19N3O3S/c13-5-3-1-2-4-11-15-9(8-19-11)6-10(16)14-7-12(17)18/h8H,1-7,13H2,(H,14,16)(H,17,18). The predicted molar refractivity (Wildman–Crippen MR) is 73.1 cm³/mol. The van der Waals surface area contributed by atoms with Gasteiger partial charge < -0.3 is 16.2 Å². The minimum atomic E-state index is -1.05. The minimum absolute atomic E-state index is 0.132. The van der Waals surface area contributed by atoms with Gasteiger partial charge in [-0.05, 0) is 25.8 Å². The van der Waals surface area contributed by atoms with Crippen molar-refractivity contribution in [2.45, 2.75) is 32.1 Å². The number of rotatable bonds is 9. The van der Waals surface area contributed by atoms with Crippen molar-refractivity contribution in [2.75, 3.05) is 13.1 Å². The first kappa shape index (κ1) is 15.6. The normalized spacial score (nSPS) is 10.4. The summed E-state index contributed by atoms with van der Waals surface area (Å²) in [5, 5.41) is 13.6. The maximum absolute atomic E-state index is 11.4. The zero-order chi connectivity index (χ0) is 14.1. The Morgan fingerprint density at radius 3 is 2.84 bits per heavy atom. The highest BCUT2D eigenvalue weighted by atomic mass is 32.1. The van der Waals surface area contributed by atoms with Gasteiger partial charge >= 0.3 is 5.97 Å². The Bertz CT molecular complexity index is 420. The number of nitrogens with zero attached hydrogens (tertiary/aromatic N) is 1. The Morgan fingerprint density at radius 2 is 2.16 bits per heavy atom. The number of aliphatic carboxylic acids is 1. The Kier molecular flexibility index (Phi) is 7.06. The second kappa shape index (κ2) is 8.60. The molecule has 1 aromatic rings. The molecule has 0 spiro atoms. The van der Waals surface area contributed by atoms with Crippen LogP contribution in [-0.4, -0.2) is 35.1 Å². The van der Waals surface area contributed by atoms with Gasteiger partial charge in [-0.3, -0.25) is 9.59 Å². The van der Waals surface area contributed by atoms with Gasteiger partial charge in [0, 0.05) is 5.38 Å². The number of hydrogen-bond donors (Lipinski definition) is 3. The number of thiazole rings is 1. The van der Waals surface area contributed by atoms with Crippen LogP contribution < -0.4 is 11.1 Å². The number of aryl methyl sites for hydroxylation is 1. The number of carboxylic acid groups (broad SMARTS) is 1. The van der Waals surface area contributed by atoms with E-state index in [1.54, 1.807) is 0 Å². The van der Waals surface area contributed by atoms with Crippen molar-refractivity contribution in [3.8, 4) is 0 Å². The fraction of sp³-hybridized carbons (Fsp3) is 0.583. The summed E-state index contributed by atoms with van der Waals surface area (Å²) in [6.07, 6.45) is 4.20. The van der Waals surface area contributed by atoms with Gasteiger partial charge in [-0.2, -0.15) is 0 Å². The Balaban J connectivity index is 2.29. The zero-order valence-electron chi connectivity index (χ0n) is 10.7. The van der Waals surface area contributed by atoms with Gasteiger partial charge in [-0.15, -0.1) is 11.3 Å². The van der Waals surface area contributed by atoms with Gasteiger partial charge in [0.1, 0.15) is 6.54 Å². The molecule has 1 amide bonds. The molecule has 19 heavy (non-hydrogen) atoms. The number of hydrogen-bond acceptors (Lipinski definition) is 5. The third-order valence-corrected chi connectivity index (χ3v) is 3.43. The molecular formula is C12H19N3O3S. The quantitative estimate of drug-likeness (QED) is 0.575. The first-order valence-corrected chi connectivity index (χ1v) is 7.11. The molecule has 0 radical (unpaired) electrons. The number of carboxylic acids is 1. The average Bonchev–Trinajstić information content (AvgIpc) is 2.80. The molecule has 1 rings (SSSR count). The van der Waals surface area contributed by atoms with Crippen LogP contribution in [0.2, 0.25) is 0 Å². The van der Waals surface area contributed by atoms with Crippen LogP contribution in [0.5, 0.6) is 0 Å². The van der Waals surface area contributed by atoms with Crippen LogP contribution in [-0.2, 0) is 22.4 Å². The van der Waals surface area contributed by atoms with E-state index in [9.17, 15) is 9.59 Å². The molecule has 0 saturated heterocycles. The lowest BCUT2D eigenvalue weighted by Gasteiger charge is -1.99. The second-order valence-corrected chi connectivity index (χ2v) is 5.12. The molecule has 106 valence electrons. The van der Waals surface area contributed by atoms with Gasteiger partial charge in [-0.25, -0.2) is 4.98 Å². The Labute approximate surface area is 116 Å². The predicted octanol–water partition coefficient (Wildman–Crippen LogP) is 0.558. The maximum atomic E-state index is 11.4. The van der Waals surface area contributed by atoms with Gasteiger partial charge in [0.15, 0.2) is 0 Å². The molecule has 0 atom stereocenters. The van der Waals surface area contributed by atoms with Crippen LogP contribution >= 0.6 is 11.3 Å². The molecule has 0 aliphatic heterocycles. The fourth-order valence-corrected chi connectivity index (χ4v) is 2.38. The molecule has 4 N–H and O–H groups in total. The van der Waals surface area contributed by atoms with Gasteiger partial charge in [0.25, 0.3) is 0 Å². The van der Waals surface area contributed by atoms with E-state index in [2.05, 4.69) is 10.3 Å². The number of nitrogens with one attached hydrogen (secondary N) is 1. The highest BCUT2D eigenvalue weighted by Gasteiger charge is 2.08. The summed E-state index contributed by atoms with van der Waals surface area (Å²) in [5.41, 5.74) is 6.11. The van der Waals surface area contributed by atoms with Crippen LogP contribution in [0.3, 0.4) is 0 Å². The van der Waals surface area contributed by atoms with Crippen LogP contribution in [0.25, 0.3) is 0 Å². The van der Waals surface area contributed by atoms with E-state index >= 15 is 0 Å². The number of unbranched alkanes of at least 4 members (excludes halogenated alkanes) is 2. The first-order valence-electron chi connectivity index (χ1n) is 6.23. The van der Waals surface area contributed by atoms with E-state index in [0.29, 0.717) is 12.2 Å². The summed E-state index contributed by atoms with van der Waals surface area (Å²) in [6.45, 7) is 0.363. The van der Waals surface area contributed by atoms with E-state index in [4.69, 9.17) is 10.8 Å². The SMILES string of the molecule is NCCCCCc1nc(CC(=O)NCC(=O)O)cs1. The summed E-state index contributed by atoms with van der Waals surface area (Å²) in [4.78, 5) is 26.1. The monoisotopic (exact) mass is 285 g/mol. The van der Waals surface area contributed by atoms with Crippen molar-refractivity contribution in [1.29, 1.82) is 0 Å². The molecule has 6 nitrogen and oxygen atoms in total. The van der Waals surface area contributed by atoms with Crippen LogP contribution in [0.15, 0.2) is 5.38 Å². The number of carbonyl (C=O) groups is 2. The maximum Gasteiger partial charge on any atom is 0.322 e. The van der Waals surface area contributed by atoms with Crippen LogP contribution in [0, 0.1) is 0 Å². The van der Waals surface area contributed by atoms with Crippen molar-refractivity contribution in [3.05, 3.63) is 16.1 Å². The highest BCUT2D eigenvalue weighted by molar-refractivity contribution is 7.09. The molecule has 1 heterocycles. The summed E-state index contributed by atoms with van der Waals surface area (Å²) >= 11 is 1.54. The number of nitrogens with two attached hydrogens (primary N) is 1. The van der Waals surface area contributed by atoms with E-state index in [-0.39, 0.29) is 18.9 Å². The van der Waals surface area contributed by atoms with E-state index in [1.165, 1.54) is 11.3 Å². The largest absolute Gasteiger partial charge is 0.480 e. The minimum Gasteiger partial charge on any atom is -0.480 e. The molecule has 0 aliphatic carbocycles. The molecule has 1 aromatic heterocycles. The highest BCUT2D eigenvalue weighted by Crippen LogP contribution is 2.13. The van der Waals surface area contributed by atoms with E-state index < -0.39 is 5.97 Å². The van der Waals surface area contributed by atoms with Crippen molar-refractivity contribution in [1.82, 2.24) is 10.3 Å². The summed E-state index contributed by atoms with van der Waals surface area (Å²) in [5.74, 6) is -1.37. The topological polar surface area (TPSA) is 105 Å². The van der Waals surface area contributed by atoms with Crippen molar-refractivity contribution in [3.63, 3.8) is 0 Å². The number of aromatic nitrogens is 1. The van der Waals surface area contributed by atoms with Crippen molar-refractivity contribution < 1.29 is 14.7 Å². The molecule has 0 fully saturated rings. The van der Waals surface area contributed by atoms with E-state index in [0.717, 1.165) is 30.7 Å². The number of amides is 1. The molecular weight excluding hydrogens is 266 g/mol. The van der Waals surface area contributed by atoms with Gasteiger partial charge in [-0.1, -0.05) is 6.42 Å². The second-order valence-electron chi connectivity index (χ2n) is 4.18. The van der Waals surface area contributed by atoms with Crippen molar-refractivity contribution in [2.24, 2.45) is 5.73 Å². The lowest BCUT2D eigenvalue weighted by Crippen LogP contribution is -2.30. The molecule has 0 bridgehead atoms. The zero-order valence-corrected chi connectivity index (χ0v) is 11.5. The number of carbonyl (C=O) groups excluding carboxylic acids is 1. The average molecular weight is 285 g/mol. The molecule has 7 heteroatoms. The smallest absolute Gasteiger partial charge is 0.322 e. The Hall–Kier alpha value is -1.47. The Morgan fingerprint density at radius 1 is 1.37 bits per heavy atom. The third kappa shape index (κ3) is 6.88.